The molecule has 18 heavy (non-hydrogen) atoms. The van der Waals surface area contributed by atoms with Crippen molar-refractivity contribution in [2.24, 2.45) is 17.8 Å². The number of ether oxygens (including phenoxy) is 2. The molecule has 6 nitrogen and oxygen atoms in total. The van der Waals surface area contributed by atoms with Gasteiger partial charge in [-0.25, -0.2) is 4.79 Å². The van der Waals surface area contributed by atoms with Gasteiger partial charge in [0, 0.05) is 5.92 Å². The molecule has 0 aromatic heterocycles. The summed E-state index contributed by atoms with van der Waals surface area (Å²) in [6.45, 7) is 3.70. The van der Waals surface area contributed by atoms with E-state index >= 15 is 0 Å². The highest BCUT2D eigenvalue weighted by Crippen LogP contribution is 2.62. The lowest BCUT2D eigenvalue weighted by molar-refractivity contribution is -0.180. The number of aliphatic hydroxyl groups excluding tert-OH is 1. The third kappa shape index (κ3) is 1.71. The van der Waals surface area contributed by atoms with E-state index in [0.29, 0.717) is 0 Å². The van der Waals surface area contributed by atoms with Gasteiger partial charge in [-0.05, 0) is 26.2 Å². The highest BCUT2D eigenvalue weighted by atomic mass is 16.6. The van der Waals surface area contributed by atoms with Gasteiger partial charge in [0.05, 0.1) is 25.2 Å². The predicted octanol–water partition coefficient (Wildman–Crippen LogP) is -0.530. The molecule has 2 N–H and O–H groups in total. The summed E-state index contributed by atoms with van der Waals surface area (Å²) in [5.74, 6) is -2.53. The topological polar surface area (TPSA) is 93.1 Å². The van der Waals surface area contributed by atoms with E-state index in [2.05, 4.69) is 0 Å². The average Bonchev–Trinajstić information content (AvgIpc) is 2.96. The Labute approximate surface area is 105 Å². The predicted molar refractivity (Wildman–Crippen MR) is 59.3 cm³/mol. The number of hydrogen-bond acceptors (Lipinski definition) is 6. The fourth-order valence-electron chi connectivity index (χ4n) is 3.01. The Hall–Kier alpha value is -1.14. The molecule has 0 saturated heterocycles. The molecule has 0 aromatic rings. The first-order valence-electron chi connectivity index (χ1n) is 6.22. The number of hydrogen-bond donors (Lipinski definition) is 2. The molecule has 2 rings (SSSR count). The summed E-state index contributed by atoms with van der Waals surface area (Å²) in [7, 11) is 0. The summed E-state index contributed by atoms with van der Waals surface area (Å²) in [4.78, 5) is 23.4. The van der Waals surface area contributed by atoms with E-state index in [-0.39, 0.29) is 25.6 Å². The summed E-state index contributed by atoms with van der Waals surface area (Å²) in [6.07, 6.45) is -0.944. The third-order valence-electron chi connectivity index (χ3n) is 3.84. The first-order valence-corrected chi connectivity index (χ1v) is 6.22. The molecular weight excluding hydrogens is 240 g/mol. The largest absolute Gasteiger partial charge is 0.466 e. The lowest BCUT2D eigenvalue weighted by Gasteiger charge is -2.27. The fraction of sp³-hybridized carbons (Fsp3) is 0.833. The molecule has 2 aliphatic rings. The van der Waals surface area contributed by atoms with Crippen molar-refractivity contribution in [3.05, 3.63) is 0 Å². The number of fused-ring (bicyclic) bond motifs is 1. The summed E-state index contributed by atoms with van der Waals surface area (Å²) in [5, 5.41) is 20.1. The number of aliphatic hydroxyl groups is 2. The van der Waals surface area contributed by atoms with Crippen LogP contribution in [-0.2, 0) is 19.1 Å². The van der Waals surface area contributed by atoms with Crippen molar-refractivity contribution < 1.29 is 29.3 Å². The van der Waals surface area contributed by atoms with Crippen molar-refractivity contribution in [2.45, 2.75) is 32.0 Å². The number of esters is 2. The maximum Gasteiger partial charge on any atom is 0.341 e. The van der Waals surface area contributed by atoms with Crippen LogP contribution in [0.15, 0.2) is 0 Å². The van der Waals surface area contributed by atoms with E-state index in [9.17, 15) is 19.8 Å². The van der Waals surface area contributed by atoms with Crippen LogP contribution in [0.5, 0.6) is 0 Å². The zero-order chi connectivity index (χ0) is 13.5. The minimum absolute atomic E-state index is 0.120. The summed E-state index contributed by atoms with van der Waals surface area (Å²) in [6, 6.07) is 0. The van der Waals surface area contributed by atoms with Gasteiger partial charge in [0.25, 0.3) is 0 Å². The van der Waals surface area contributed by atoms with Crippen LogP contribution in [0.25, 0.3) is 0 Å². The first kappa shape index (κ1) is 13.3. The molecule has 2 saturated carbocycles. The standard InChI is InChI=1S/C12H18O6/c1-3-17-10(14)8-6-5-7(13)12(16,9(6)8)11(15)18-4-2/h6-9,13,16H,3-5H2,1-2H3/t6-,7+,8-,9-,12+/m0/s1. The van der Waals surface area contributed by atoms with Gasteiger partial charge in [-0.15, -0.1) is 0 Å². The van der Waals surface area contributed by atoms with E-state index in [1.807, 2.05) is 0 Å². The fourth-order valence-corrected chi connectivity index (χ4v) is 3.01. The molecule has 5 atom stereocenters. The van der Waals surface area contributed by atoms with Crippen molar-refractivity contribution in [3.8, 4) is 0 Å². The van der Waals surface area contributed by atoms with Crippen molar-refractivity contribution in [3.63, 3.8) is 0 Å². The van der Waals surface area contributed by atoms with Crippen molar-refractivity contribution in [1.29, 1.82) is 0 Å². The number of carbonyl (C=O) groups is 2. The molecule has 0 amide bonds. The average molecular weight is 258 g/mol. The zero-order valence-electron chi connectivity index (χ0n) is 10.5. The highest BCUT2D eigenvalue weighted by Gasteiger charge is 2.75. The Morgan fingerprint density at radius 3 is 2.44 bits per heavy atom. The van der Waals surface area contributed by atoms with Crippen molar-refractivity contribution in [1.82, 2.24) is 0 Å². The van der Waals surface area contributed by atoms with Crippen molar-refractivity contribution >= 4 is 11.9 Å². The van der Waals surface area contributed by atoms with Crippen LogP contribution in [0.3, 0.4) is 0 Å². The van der Waals surface area contributed by atoms with Gasteiger partial charge in [-0.2, -0.15) is 0 Å². The Morgan fingerprint density at radius 2 is 1.89 bits per heavy atom. The maximum atomic E-state index is 11.8. The molecule has 0 bridgehead atoms. The van der Waals surface area contributed by atoms with Gasteiger partial charge in [-0.3, -0.25) is 4.79 Å². The molecular formula is C12H18O6. The van der Waals surface area contributed by atoms with Gasteiger partial charge < -0.3 is 19.7 Å². The minimum atomic E-state index is -1.96. The van der Waals surface area contributed by atoms with Crippen LogP contribution in [-0.4, -0.2) is 47.1 Å². The van der Waals surface area contributed by atoms with Crippen LogP contribution in [0.1, 0.15) is 20.3 Å². The molecule has 0 spiro atoms. The molecule has 2 fully saturated rings. The van der Waals surface area contributed by atoms with E-state index < -0.39 is 35.5 Å². The number of rotatable bonds is 4. The molecule has 0 unspecified atom stereocenters. The molecule has 6 heteroatoms. The second-order valence-corrected chi connectivity index (χ2v) is 4.76. The van der Waals surface area contributed by atoms with Crippen LogP contribution < -0.4 is 0 Å². The lowest BCUT2D eigenvalue weighted by Crippen LogP contribution is -2.51. The Balaban J connectivity index is 2.12. The van der Waals surface area contributed by atoms with Crippen molar-refractivity contribution in [2.75, 3.05) is 13.2 Å². The SMILES string of the molecule is CCOC(=O)[C@H]1[C@@H]2C[C@@H](O)[C@](O)(C(=O)OCC)[C@@H]21. The molecule has 0 aliphatic heterocycles. The molecule has 0 aromatic carbocycles. The smallest absolute Gasteiger partial charge is 0.341 e. The first-order chi connectivity index (χ1) is 8.48. The minimum Gasteiger partial charge on any atom is -0.466 e. The summed E-state index contributed by atoms with van der Waals surface area (Å²) >= 11 is 0. The van der Waals surface area contributed by atoms with E-state index in [1.54, 1.807) is 13.8 Å². The normalized spacial score (nSPS) is 41.1. The van der Waals surface area contributed by atoms with Crippen LogP contribution in [0, 0.1) is 17.8 Å². The van der Waals surface area contributed by atoms with E-state index in [1.165, 1.54) is 0 Å². The van der Waals surface area contributed by atoms with E-state index in [4.69, 9.17) is 9.47 Å². The Kier molecular flexibility index (Phi) is 3.33. The molecule has 0 radical (unpaired) electrons. The van der Waals surface area contributed by atoms with Crippen LogP contribution in [0.2, 0.25) is 0 Å². The second-order valence-electron chi connectivity index (χ2n) is 4.76. The van der Waals surface area contributed by atoms with Crippen LogP contribution in [0.4, 0.5) is 0 Å². The quantitative estimate of drug-likeness (QED) is 0.658. The maximum absolute atomic E-state index is 11.8. The highest BCUT2D eigenvalue weighted by molar-refractivity contribution is 5.86. The van der Waals surface area contributed by atoms with Gasteiger partial charge in [-0.1, -0.05) is 0 Å². The second kappa shape index (κ2) is 4.51. The zero-order valence-corrected chi connectivity index (χ0v) is 10.5. The van der Waals surface area contributed by atoms with Gasteiger partial charge in [0.15, 0.2) is 5.60 Å². The van der Waals surface area contributed by atoms with E-state index in [0.717, 1.165) is 0 Å². The van der Waals surface area contributed by atoms with Crippen LogP contribution >= 0.6 is 0 Å². The van der Waals surface area contributed by atoms with Gasteiger partial charge >= 0.3 is 11.9 Å². The Bertz CT molecular complexity index is 368. The molecule has 2 aliphatic carbocycles. The number of carbonyl (C=O) groups excluding carboxylic acids is 2. The van der Waals surface area contributed by atoms with Gasteiger partial charge in [0.2, 0.25) is 0 Å². The summed E-state index contributed by atoms with van der Waals surface area (Å²) in [5.41, 5.74) is -1.96. The third-order valence-corrected chi connectivity index (χ3v) is 3.84. The summed E-state index contributed by atoms with van der Waals surface area (Å²) < 4.78 is 9.67. The Morgan fingerprint density at radius 1 is 1.28 bits per heavy atom. The van der Waals surface area contributed by atoms with Gasteiger partial charge in [0.1, 0.15) is 0 Å². The molecule has 0 heterocycles. The molecule has 102 valence electrons. The monoisotopic (exact) mass is 258 g/mol. The lowest BCUT2D eigenvalue weighted by atomic mass is 9.92.